The third-order valence-corrected chi connectivity index (χ3v) is 4.28. The molecule has 1 aliphatic rings. The molecule has 1 aliphatic heterocycles. The molecule has 0 saturated carbocycles. The second-order valence-corrected chi connectivity index (χ2v) is 5.74. The molecule has 0 spiro atoms. The lowest BCUT2D eigenvalue weighted by atomic mass is 10.0. The molecule has 23 heavy (non-hydrogen) atoms. The second-order valence-electron chi connectivity index (χ2n) is 5.74. The van der Waals surface area contributed by atoms with Crippen LogP contribution >= 0.6 is 0 Å². The van der Waals surface area contributed by atoms with E-state index in [0.717, 1.165) is 31.5 Å². The van der Waals surface area contributed by atoms with E-state index in [4.69, 9.17) is 9.47 Å². The fourth-order valence-electron chi connectivity index (χ4n) is 3.05. The van der Waals surface area contributed by atoms with E-state index in [-0.39, 0.29) is 5.91 Å². The minimum Gasteiger partial charge on any atom is -0.493 e. The van der Waals surface area contributed by atoms with E-state index < -0.39 is 0 Å². The van der Waals surface area contributed by atoms with Gasteiger partial charge >= 0.3 is 0 Å². The Hall–Kier alpha value is -2.01. The Morgan fingerprint density at radius 3 is 2.83 bits per heavy atom. The first-order valence-corrected chi connectivity index (χ1v) is 7.96. The SMILES string of the molecule is C=CCc1cc(C(=O)N2CCCC(NC)C2)cc(OC)c1OC. The van der Waals surface area contributed by atoms with Gasteiger partial charge < -0.3 is 19.7 Å². The van der Waals surface area contributed by atoms with Gasteiger partial charge in [-0.25, -0.2) is 0 Å². The number of piperidine rings is 1. The van der Waals surface area contributed by atoms with Crippen molar-refractivity contribution < 1.29 is 14.3 Å². The number of nitrogens with zero attached hydrogens (tertiary/aromatic N) is 1. The van der Waals surface area contributed by atoms with E-state index in [9.17, 15) is 4.79 Å². The molecule has 1 heterocycles. The largest absolute Gasteiger partial charge is 0.493 e. The van der Waals surface area contributed by atoms with Crippen LogP contribution in [0, 0.1) is 0 Å². The predicted octanol–water partition coefficient (Wildman–Crippen LogP) is 2.26. The van der Waals surface area contributed by atoms with Crippen molar-refractivity contribution >= 4 is 5.91 Å². The van der Waals surface area contributed by atoms with Crippen molar-refractivity contribution in [3.05, 3.63) is 35.9 Å². The van der Waals surface area contributed by atoms with E-state index in [1.54, 1.807) is 26.4 Å². The van der Waals surface area contributed by atoms with Crippen LogP contribution in [0.1, 0.15) is 28.8 Å². The van der Waals surface area contributed by atoms with Gasteiger partial charge in [-0.3, -0.25) is 4.79 Å². The maximum absolute atomic E-state index is 12.9. The third kappa shape index (κ3) is 3.85. The summed E-state index contributed by atoms with van der Waals surface area (Å²) in [5.74, 6) is 1.28. The van der Waals surface area contributed by atoms with Gasteiger partial charge in [0, 0.05) is 30.3 Å². The summed E-state index contributed by atoms with van der Waals surface area (Å²) in [4.78, 5) is 14.8. The summed E-state index contributed by atoms with van der Waals surface area (Å²) in [6.07, 6.45) is 4.54. The van der Waals surface area contributed by atoms with E-state index in [2.05, 4.69) is 11.9 Å². The van der Waals surface area contributed by atoms with Gasteiger partial charge in [-0.05, 0) is 38.4 Å². The van der Waals surface area contributed by atoms with Gasteiger partial charge in [0.25, 0.3) is 5.91 Å². The fraction of sp³-hybridized carbons (Fsp3) is 0.500. The predicted molar refractivity (Wildman–Crippen MR) is 91.4 cm³/mol. The molecule has 0 bridgehead atoms. The standard InChI is InChI=1S/C18H26N2O3/c1-5-7-13-10-14(11-16(22-3)17(13)23-4)18(21)20-9-6-8-15(12-20)19-2/h5,10-11,15,19H,1,6-9,12H2,2-4H3. The summed E-state index contributed by atoms with van der Waals surface area (Å²) in [6, 6.07) is 4.01. The number of allylic oxidation sites excluding steroid dienone is 1. The Morgan fingerprint density at radius 1 is 1.43 bits per heavy atom. The topological polar surface area (TPSA) is 50.8 Å². The van der Waals surface area contributed by atoms with E-state index in [1.165, 1.54) is 0 Å². The van der Waals surface area contributed by atoms with Crippen LogP contribution in [0.2, 0.25) is 0 Å². The number of benzene rings is 1. The number of hydrogen-bond acceptors (Lipinski definition) is 4. The molecule has 0 aliphatic carbocycles. The van der Waals surface area contributed by atoms with Crippen LogP contribution in [-0.4, -0.2) is 51.2 Å². The van der Waals surface area contributed by atoms with Crippen LogP contribution in [0.3, 0.4) is 0 Å². The first kappa shape index (κ1) is 17.3. The molecule has 126 valence electrons. The Kier molecular flexibility index (Phi) is 6.04. The van der Waals surface area contributed by atoms with E-state index in [0.29, 0.717) is 29.5 Å². The molecule has 0 radical (unpaired) electrons. The molecule has 1 fully saturated rings. The van der Waals surface area contributed by atoms with Crippen molar-refractivity contribution in [2.75, 3.05) is 34.4 Å². The van der Waals surface area contributed by atoms with Crippen molar-refractivity contribution in [1.29, 1.82) is 0 Å². The molecule has 1 aromatic carbocycles. The van der Waals surface area contributed by atoms with Gasteiger partial charge in [-0.1, -0.05) is 6.08 Å². The van der Waals surface area contributed by atoms with Crippen LogP contribution in [-0.2, 0) is 6.42 Å². The smallest absolute Gasteiger partial charge is 0.254 e. The number of rotatable bonds is 6. The number of likely N-dealkylation sites (tertiary alicyclic amines) is 1. The number of carbonyl (C=O) groups is 1. The highest BCUT2D eigenvalue weighted by Gasteiger charge is 2.25. The Balaban J connectivity index is 2.32. The molecule has 0 aromatic heterocycles. The molecule has 1 N–H and O–H groups in total. The van der Waals surface area contributed by atoms with Crippen LogP contribution < -0.4 is 14.8 Å². The van der Waals surface area contributed by atoms with Gasteiger partial charge in [-0.15, -0.1) is 6.58 Å². The van der Waals surface area contributed by atoms with Crippen molar-refractivity contribution in [3.8, 4) is 11.5 Å². The summed E-state index contributed by atoms with van der Waals surface area (Å²) in [5.41, 5.74) is 1.55. The van der Waals surface area contributed by atoms with Crippen LogP contribution in [0.15, 0.2) is 24.8 Å². The number of nitrogens with one attached hydrogen (secondary N) is 1. The zero-order valence-corrected chi connectivity index (χ0v) is 14.2. The lowest BCUT2D eigenvalue weighted by Crippen LogP contribution is -2.47. The monoisotopic (exact) mass is 318 g/mol. The summed E-state index contributed by atoms with van der Waals surface area (Å²) >= 11 is 0. The molecule has 5 nitrogen and oxygen atoms in total. The van der Waals surface area contributed by atoms with Crippen LogP contribution in [0.5, 0.6) is 11.5 Å². The van der Waals surface area contributed by atoms with E-state index in [1.807, 2.05) is 18.0 Å². The summed E-state index contributed by atoms with van der Waals surface area (Å²) in [5, 5.41) is 3.26. The minimum absolute atomic E-state index is 0.0382. The molecule has 1 saturated heterocycles. The van der Waals surface area contributed by atoms with Gasteiger partial charge in [0.15, 0.2) is 11.5 Å². The molecule has 1 atom stereocenters. The first-order chi connectivity index (χ1) is 11.1. The summed E-state index contributed by atoms with van der Waals surface area (Å²) in [6.45, 7) is 5.30. The molecule has 1 aromatic rings. The highest BCUT2D eigenvalue weighted by atomic mass is 16.5. The molecule has 1 amide bonds. The van der Waals surface area contributed by atoms with Crippen LogP contribution in [0.4, 0.5) is 0 Å². The quantitative estimate of drug-likeness (QED) is 0.818. The first-order valence-electron chi connectivity index (χ1n) is 7.96. The third-order valence-electron chi connectivity index (χ3n) is 4.28. The highest BCUT2D eigenvalue weighted by molar-refractivity contribution is 5.95. The van der Waals surface area contributed by atoms with Crippen LogP contribution in [0.25, 0.3) is 0 Å². The summed E-state index contributed by atoms with van der Waals surface area (Å²) < 4.78 is 10.8. The number of methoxy groups -OCH3 is 2. The zero-order valence-electron chi connectivity index (χ0n) is 14.2. The molecule has 2 rings (SSSR count). The molecular weight excluding hydrogens is 292 g/mol. The van der Waals surface area contributed by atoms with Crippen molar-refractivity contribution in [2.24, 2.45) is 0 Å². The van der Waals surface area contributed by atoms with Crippen molar-refractivity contribution in [3.63, 3.8) is 0 Å². The molecular formula is C18H26N2O3. The Morgan fingerprint density at radius 2 is 2.22 bits per heavy atom. The number of hydrogen-bond donors (Lipinski definition) is 1. The average molecular weight is 318 g/mol. The molecule has 5 heteroatoms. The lowest BCUT2D eigenvalue weighted by molar-refractivity contribution is 0.0697. The number of likely N-dealkylation sites (N-methyl/N-ethyl adjacent to an activating group) is 1. The maximum atomic E-state index is 12.9. The van der Waals surface area contributed by atoms with E-state index >= 15 is 0 Å². The lowest BCUT2D eigenvalue weighted by Gasteiger charge is -2.32. The Labute approximate surface area is 138 Å². The van der Waals surface area contributed by atoms with Gasteiger partial charge in [0.1, 0.15) is 0 Å². The van der Waals surface area contributed by atoms with Crippen molar-refractivity contribution in [2.45, 2.75) is 25.3 Å². The number of carbonyl (C=O) groups excluding carboxylic acids is 1. The minimum atomic E-state index is 0.0382. The summed E-state index contributed by atoms with van der Waals surface area (Å²) in [7, 11) is 5.13. The van der Waals surface area contributed by atoms with Gasteiger partial charge in [0.2, 0.25) is 0 Å². The average Bonchev–Trinajstić information content (AvgIpc) is 2.60. The van der Waals surface area contributed by atoms with Crippen molar-refractivity contribution in [1.82, 2.24) is 10.2 Å². The fourth-order valence-corrected chi connectivity index (χ4v) is 3.05. The normalized spacial score (nSPS) is 17.7. The van der Waals surface area contributed by atoms with Gasteiger partial charge in [0.05, 0.1) is 14.2 Å². The van der Waals surface area contributed by atoms with Gasteiger partial charge in [-0.2, -0.15) is 0 Å². The maximum Gasteiger partial charge on any atom is 0.254 e. The molecule has 1 unspecified atom stereocenters. The number of amides is 1. The highest BCUT2D eigenvalue weighted by Crippen LogP contribution is 2.33. The Bertz CT molecular complexity index is 572. The second kappa shape index (κ2) is 8.02. The number of ether oxygens (including phenoxy) is 2. The zero-order chi connectivity index (χ0) is 16.8.